The molecular formula is C14H21NO. The lowest BCUT2D eigenvalue weighted by molar-refractivity contribution is 0.310. The lowest BCUT2D eigenvalue weighted by Crippen LogP contribution is -2.23. The quantitative estimate of drug-likeness (QED) is 0.741. The molecule has 1 aromatic carbocycles. The number of benzene rings is 1. The van der Waals surface area contributed by atoms with Crippen molar-refractivity contribution in [3.8, 4) is 5.75 Å². The van der Waals surface area contributed by atoms with Crippen LogP contribution in [0.5, 0.6) is 5.75 Å². The predicted molar refractivity (Wildman–Crippen MR) is 66.8 cm³/mol. The summed E-state index contributed by atoms with van der Waals surface area (Å²) < 4.78 is 5.63. The van der Waals surface area contributed by atoms with Gasteiger partial charge in [-0.3, -0.25) is 0 Å². The number of hydrogen-bond donors (Lipinski definition) is 1. The Morgan fingerprint density at radius 2 is 2.12 bits per heavy atom. The van der Waals surface area contributed by atoms with Gasteiger partial charge < -0.3 is 10.1 Å². The van der Waals surface area contributed by atoms with Crippen LogP contribution in [0.2, 0.25) is 0 Å². The molecule has 0 spiro atoms. The molecule has 0 saturated heterocycles. The van der Waals surface area contributed by atoms with Gasteiger partial charge in [0.1, 0.15) is 12.4 Å². The Kier molecular flexibility index (Phi) is 4.23. The van der Waals surface area contributed by atoms with E-state index in [0.29, 0.717) is 6.04 Å². The highest BCUT2D eigenvalue weighted by Crippen LogP contribution is 2.31. The molecule has 88 valence electrons. The maximum absolute atomic E-state index is 5.63. The van der Waals surface area contributed by atoms with Gasteiger partial charge in [0, 0.05) is 5.56 Å². The van der Waals surface area contributed by atoms with Crippen LogP contribution in [-0.2, 0) is 0 Å². The molecule has 1 atom stereocenters. The van der Waals surface area contributed by atoms with Crippen LogP contribution in [0.3, 0.4) is 0 Å². The predicted octanol–water partition coefficient (Wildman–Crippen LogP) is 3.29. The summed E-state index contributed by atoms with van der Waals surface area (Å²) in [6, 6.07) is 8.72. The van der Waals surface area contributed by atoms with E-state index in [9.17, 15) is 0 Å². The summed E-state index contributed by atoms with van der Waals surface area (Å²) in [4.78, 5) is 0. The Labute approximate surface area is 98.0 Å². The summed E-state index contributed by atoms with van der Waals surface area (Å²) in [5.74, 6) is 1.05. The summed E-state index contributed by atoms with van der Waals surface area (Å²) in [6.07, 6.45) is 5.25. The molecule has 0 amide bonds. The van der Waals surface area contributed by atoms with E-state index in [1.54, 1.807) is 0 Å². The minimum atomic E-state index is 0.401. The first kappa shape index (κ1) is 11.5. The van der Waals surface area contributed by atoms with E-state index in [1.165, 1.54) is 31.2 Å². The fourth-order valence-corrected chi connectivity index (χ4v) is 2.16. The molecule has 1 N–H and O–H groups in total. The van der Waals surface area contributed by atoms with Gasteiger partial charge in [0.15, 0.2) is 0 Å². The molecule has 1 aliphatic rings. The number of unbranched alkanes of at least 4 members (excludes halogenated alkanes) is 3. The van der Waals surface area contributed by atoms with Crippen molar-refractivity contribution in [1.29, 1.82) is 0 Å². The Balaban J connectivity index is 1.76. The summed E-state index contributed by atoms with van der Waals surface area (Å²) in [5.41, 5.74) is 1.32. The minimum Gasteiger partial charge on any atom is -0.491 e. The van der Waals surface area contributed by atoms with Crippen molar-refractivity contribution in [2.24, 2.45) is 0 Å². The Morgan fingerprint density at radius 1 is 1.25 bits per heavy atom. The van der Waals surface area contributed by atoms with Crippen molar-refractivity contribution in [3.05, 3.63) is 29.8 Å². The van der Waals surface area contributed by atoms with E-state index in [1.807, 2.05) is 12.1 Å². The third kappa shape index (κ3) is 2.76. The van der Waals surface area contributed by atoms with Gasteiger partial charge in [-0.2, -0.15) is 0 Å². The first-order valence-corrected chi connectivity index (χ1v) is 6.37. The standard InChI is InChI=1S/C14H21NO/c1-2-3-4-7-10-15-13-11-16-14-9-6-5-8-12(13)14/h5-6,8-9,13,15H,2-4,7,10-11H2,1H3. The first-order chi connectivity index (χ1) is 7.92. The topological polar surface area (TPSA) is 21.3 Å². The van der Waals surface area contributed by atoms with Gasteiger partial charge in [-0.05, 0) is 19.0 Å². The maximum atomic E-state index is 5.63. The minimum absolute atomic E-state index is 0.401. The van der Waals surface area contributed by atoms with Gasteiger partial charge in [-0.15, -0.1) is 0 Å². The zero-order valence-corrected chi connectivity index (χ0v) is 10.0. The summed E-state index contributed by atoms with van der Waals surface area (Å²) >= 11 is 0. The molecule has 2 nitrogen and oxygen atoms in total. The molecule has 0 aromatic heterocycles. The third-order valence-corrected chi connectivity index (χ3v) is 3.12. The first-order valence-electron chi connectivity index (χ1n) is 6.37. The van der Waals surface area contributed by atoms with Crippen LogP contribution in [0.15, 0.2) is 24.3 Å². The van der Waals surface area contributed by atoms with Crippen LogP contribution in [0.1, 0.15) is 44.2 Å². The van der Waals surface area contributed by atoms with E-state index < -0.39 is 0 Å². The van der Waals surface area contributed by atoms with E-state index >= 15 is 0 Å². The summed E-state index contributed by atoms with van der Waals surface area (Å²) in [7, 11) is 0. The van der Waals surface area contributed by atoms with Crippen LogP contribution in [0, 0.1) is 0 Å². The van der Waals surface area contributed by atoms with Gasteiger partial charge in [0.25, 0.3) is 0 Å². The Morgan fingerprint density at radius 3 is 3.00 bits per heavy atom. The molecular weight excluding hydrogens is 198 g/mol. The monoisotopic (exact) mass is 219 g/mol. The van der Waals surface area contributed by atoms with Crippen molar-refractivity contribution >= 4 is 0 Å². The highest BCUT2D eigenvalue weighted by atomic mass is 16.5. The van der Waals surface area contributed by atoms with E-state index in [-0.39, 0.29) is 0 Å². The molecule has 16 heavy (non-hydrogen) atoms. The second kappa shape index (κ2) is 5.90. The third-order valence-electron chi connectivity index (χ3n) is 3.12. The number of para-hydroxylation sites is 1. The highest BCUT2D eigenvalue weighted by Gasteiger charge is 2.22. The lowest BCUT2D eigenvalue weighted by Gasteiger charge is -2.11. The largest absolute Gasteiger partial charge is 0.491 e. The molecule has 0 saturated carbocycles. The van der Waals surface area contributed by atoms with Crippen molar-refractivity contribution in [1.82, 2.24) is 5.32 Å². The van der Waals surface area contributed by atoms with E-state index in [2.05, 4.69) is 24.4 Å². The summed E-state index contributed by atoms with van der Waals surface area (Å²) in [6.45, 7) is 4.13. The van der Waals surface area contributed by atoms with Crippen LogP contribution >= 0.6 is 0 Å². The lowest BCUT2D eigenvalue weighted by atomic mass is 10.1. The molecule has 0 bridgehead atoms. The number of ether oxygens (including phenoxy) is 1. The number of fused-ring (bicyclic) bond motifs is 1. The molecule has 0 radical (unpaired) electrons. The second-order valence-electron chi connectivity index (χ2n) is 4.42. The van der Waals surface area contributed by atoms with E-state index in [0.717, 1.165) is 18.9 Å². The van der Waals surface area contributed by atoms with Crippen LogP contribution in [-0.4, -0.2) is 13.2 Å². The van der Waals surface area contributed by atoms with Crippen molar-refractivity contribution < 1.29 is 4.74 Å². The number of hydrogen-bond acceptors (Lipinski definition) is 2. The molecule has 0 fully saturated rings. The smallest absolute Gasteiger partial charge is 0.124 e. The van der Waals surface area contributed by atoms with Crippen molar-refractivity contribution in [2.75, 3.05) is 13.2 Å². The van der Waals surface area contributed by atoms with Gasteiger partial charge in [0.2, 0.25) is 0 Å². The van der Waals surface area contributed by atoms with Crippen LogP contribution in [0.4, 0.5) is 0 Å². The highest BCUT2D eigenvalue weighted by molar-refractivity contribution is 5.39. The molecule has 1 aliphatic heterocycles. The van der Waals surface area contributed by atoms with Gasteiger partial charge in [0.05, 0.1) is 6.04 Å². The summed E-state index contributed by atoms with van der Waals surface area (Å²) in [5, 5.41) is 3.57. The van der Waals surface area contributed by atoms with Crippen LogP contribution in [0.25, 0.3) is 0 Å². The zero-order valence-electron chi connectivity index (χ0n) is 10.0. The zero-order chi connectivity index (χ0) is 11.2. The Hall–Kier alpha value is -1.02. The molecule has 1 heterocycles. The van der Waals surface area contributed by atoms with Gasteiger partial charge in [-0.25, -0.2) is 0 Å². The number of rotatable bonds is 6. The van der Waals surface area contributed by atoms with Gasteiger partial charge >= 0.3 is 0 Å². The van der Waals surface area contributed by atoms with Crippen molar-refractivity contribution in [3.63, 3.8) is 0 Å². The van der Waals surface area contributed by atoms with Crippen molar-refractivity contribution in [2.45, 2.75) is 38.6 Å². The Bertz CT molecular complexity index is 324. The average Bonchev–Trinajstić information content (AvgIpc) is 2.73. The number of nitrogens with one attached hydrogen (secondary N) is 1. The molecule has 2 heteroatoms. The molecule has 1 aromatic rings. The molecule has 1 unspecified atom stereocenters. The average molecular weight is 219 g/mol. The van der Waals surface area contributed by atoms with Gasteiger partial charge in [-0.1, -0.05) is 44.4 Å². The maximum Gasteiger partial charge on any atom is 0.124 e. The second-order valence-corrected chi connectivity index (χ2v) is 4.42. The molecule has 0 aliphatic carbocycles. The molecule has 2 rings (SSSR count). The van der Waals surface area contributed by atoms with Crippen LogP contribution < -0.4 is 10.1 Å². The fraction of sp³-hybridized carbons (Fsp3) is 0.571. The van der Waals surface area contributed by atoms with E-state index in [4.69, 9.17) is 4.74 Å². The SMILES string of the molecule is CCCCCCNC1COc2ccccc21. The fourth-order valence-electron chi connectivity index (χ4n) is 2.16. The normalized spacial score (nSPS) is 18.2.